The second kappa shape index (κ2) is 7.98. The zero-order chi connectivity index (χ0) is 19.6. The molecule has 1 saturated heterocycles. The summed E-state index contributed by atoms with van der Waals surface area (Å²) < 4.78 is 16.3. The molecule has 7 nitrogen and oxygen atoms in total. The normalized spacial score (nSPS) is 18.9. The van der Waals surface area contributed by atoms with E-state index in [0.717, 1.165) is 0 Å². The zero-order valence-electron chi connectivity index (χ0n) is 14.8. The van der Waals surface area contributed by atoms with Crippen LogP contribution in [0.5, 0.6) is 5.75 Å². The number of hydrogen-bond donors (Lipinski definition) is 1. The summed E-state index contributed by atoms with van der Waals surface area (Å²) in [6.07, 6.45) is 1.45. The number of carbonyl (C=O) groups is 2. The lowest BCUT2D eigenvalue weighted by molar-refractivity contribution is -0.140. The number of benzene rings is 1. The van der Waals surface area contributed by atoms with Crippen LogP contribution < -0.4 is 4.74 Å². The van der Waals surface area contributed by atoms with Gasteiger partial charge >= 0.3 is 0 Å². The van der Waals surface area contributed by atoms with Crippen LogP contribution in [0.2, 0.25) is 0 Å². The second-order valence-electron chi connectivity index (χ2n) is 5.85. The highest BCUT2D eigenvalue weighted by Gasteiger charge is 2.47. The number of ether oxygens (including phenoxy) is 2. The Hall–Kier alpha value is -2.58. The minimum atomic E-state index is -0.823. The smallest absolute Gasteiger partial charge is 0.295 e. The third-order valence-electron chi connectivity index (χ3n) is 4.31. The number of likely N-dealkylation sites (tertiary alicyclic amines) is 1. The van der Waals surface area contributed by atoms with Gasteiger partial charge in [0, 0.05) is 19.2 Å². The topological polar surface area (TPSA) is 89.2 Å². The van der Waals surface area contributed by atoms with Crippen molar-refractivity contribution in [2.24, 2.45) is 0 Å². The lowest BCUT2D eigenvalue weighted by Gasteiger charge is -2.22. The molecule has 0 radical (unpaired) electrons. The molecule has 142 valence electrons. The van der Waals surface area contributed by atoms with Crippen molar-refractivity contribution in [1.29, 1.82) is 0 Å². The molecule has 1 unspecified atom stereocenters. The first kappa shape index (κ1) is 19.2. The first-order valence-corrected chi connectivity index (χ1v) is 8.93. The first-order chi connectivity index (χ1) is 13.0. The molecular weight excluding hydrogens is 418 g/mol. The molecule has 1 aliphatic rings. The van der Waals surface area contributed by atoms with E-state index in [4.69, 9.17) is 13.9 Å². The molecule has 1 aromatic carbocycles. The van der Waals surface area contributed by atoms with Crippen LogP contribution in [-0.2, 0) is 14.3 Å². The predicted octanol–water partition coefficient (Wildman–Crippen LogP) is 3.12. The summed E-state index contributed by atoms with van der Waals surface area (Å²) >= 11 is 3.36. The van der Waals surface area contributed by atoms with Gasteiger partial charge in [0.25, 0.3) is 11.7 Å². The van der Waals surface area contributed by atoms with E-state index >= 15 is 0 Å². The number of furan rings is 1. The van der Waals surface area contributed by atoms with Crippen LogP contribution in [0.15, 0.2) is 51.1 Å². The average molecular weight is 436 g/mol. The van der Waals surface area contributed by atoms with E-state index in [1.54, 1.807) is 30.3 Å². The summed E-state index contributed by atoms with van der Waals surface area (Å²) in [6.45, 7) is 0.438. The fraction of sp³-hybridized carbons (Fsp3) is 0.263. The predicted molar refractivity (Wildman–Crippen MR) is 100 cm³/mol. The van der Waals surface area contributed by atoms with Crippen molar-refractivity contribution in [1.82, 2.24) is 4.90 Å². The molecule has 1 atom stereocenters. The highest BCUT2D eigenvalue weighted by molar-refractivity contribution is 9.10. The van der Waals surface area contributed by atoms with E-state index in [2.05, 4.69) is 15.9 Å². The standard InChI is InChI=1S/C19H18BrNO6/c1-25-9-7-21-16(14-4-3-8-27-14)15(18(23)19(21)24)17(22)11-5-6-13(26-2)12(20)10-11/h3-6,8,10,16,22H,7,9H2,1-2H3/b17-15-. The van der Waals surface area contributed by atoms with Crippen LogP contribution in [0.1, 0.15) is 17.4 Å². The summed E-state index contributed by atoms with van der Waals surface area (Å²) in [6, 6.07) is 7.39. The molecule has 0 aliphatic carbocycles. The number of ketones is 1. The molecule has 1 aromatic heterocycles. The maximum absolute atomic E-state index is 12.7. The molecule has 0 bridgehead atoms. The number of rotatable bonds is 6. The summed E-state index contributed by atoms with van der Waals surface area (Å²) in [5.74, 6) is -0.786. The van der Waals surface area contributed by atoms with E-state index in [1.807, 2.05) is 0 Å². The van der Waals surface area contributed by atoms with Crippen LogP contribution >= 0.6 is 15.9 Å². The van der Waals surface area contributed by atoms with Gasteiger partial charge < -0.3 is 23.9 Å². The lowest BCUT2D eigenvalue weighted by atomic mass is 9.99. The summed E-state index contributed by atoms with van der Waals surface area (Å²) in [5.41, 5.74) is 0.354. The van der Waals surface area contributed by atoms with Gasteiger partial charge in [-0.25, -0.2) is 0 Å². The Morgan fingerprint density at radius 2 is 2.07 bits per heavy atom. The SMILES string of the molecule is COCCN1C(=O)C(=O)/C(=C(\O)c2ccc(OC)c(Br)c2)C1c1ccco1. The van der Waals surface area contributed by atoms with Gasteiger partial charge in [-0.3, -0.25) is 9.59 Å². The first-order valence-electron chi connectivity index (χ1n) is 8.14. The quantitative estimate of drug-likeness (QED) is 0.425. The average Bonchev–Trinajstić information content (AvgIpc) is 3.27. The van der Waals surface area contributed by atoms with E-state index in [9.17, 15) is 14.7 Å². The highest BCUT2D eigenvalue weighted by atomic mass is 79.9. The number of nitrogens with zero attached hydrogens (tertiary/aromatic N) is 1. The molecule has 3 rings (SSSR count). The number of amides is 1. The number of aliphatic hydroxyl groups is 1. The van der Waals surface area contributed by atoms with E-state index in [1.165, 1.54) is 25.4 Å². The third kappa shape index (κ3) is 3.50. The van der Waals surface area contributed by atoms with Gasteiger partial charge in [-0.05, 0) is 46.3 Å². The fourth-order valence-corrected chi connectivity index (χ4v) is 3.55. The highest BCUT2D eigenvalue weighted by Crippen LogP contribution is 2.40. The molecule has 8 heteroatoms. The Labute approximate surface area is 164 Å². The maximum atomic E-state index is 12.7. The van der Waals surface area contributed by atoms with Crippen molar-refractivity contribution < 1.29 is 28.6 Å². The molecule has 0 saturated carbocycles. The van der Waals surface area contributed by atoms with Crippen LogP contribution in [-0.4, -0.2) is 49.1 Å². The van der Waals surface area contributed by atoms with E-state index < -0.39 is 17.7 Å². The molecule has 2 aromatic rings. The van der Waals surface area contributed by atoms with Crippen molar-refractivity contribution in [2.45, 2.75) is 6.04 Å². The molecular formula is C19H18BrNO6. The summed E-state index contributed by atoms with van der Waals surface area (Å²) in [7, 11) is 3.03. The largest absolute Gasteiger partial charge is 0.507 e. The Bertz CT molecular complexity index is 890. The molecule has 0 spiro atoms. The van der Waals surface area contributed by atoms with Crippen molar-refractivity contribution in [3.8, 4) is 5.75 Å². The van der Waals surface area contributed by atoms with Gasteiger partial charge in [0.15, 0.2) is 0 Å². The summed E-state index contributed by atoms with van der Waals surface area (Å²) in [5, 5.41) is 10.9. The van der Waals surface area contributed by atoms with Crippen molar-refractivity contribution in [3.63, 3.8) is 0 Å². The number of hydrogen-bond acceptors (Lipinski definition) is 6. The Balaban J connectivity index is 2.12. The lowest BCUT2D eigenvalue weighted by Crippen LogP contribution is -2.32. The molecule has 1 amide bonds. The van der Waals surface area contributed by atoms with Crippen molar-refractivity contribution in [2.75, 3.05) is 27.4 Å². The van der Waals surface area contributed by atoms with Crippen LogP contribution in [0.3, 0.4) is 0 Å². The number of Topliss-reactive ketones (excluding diaryl/α,β-unsaturated/α-hetero) is 1. The fourth-order valence-electron chi connectivity index (χ4n) is 3.01. The Morgan fingerprint density at radius 1 is 1.30 bits per heavy atom. The van der Waals surface area contributed by atoms with Gasteiger partial charge in [-0.15, -0.1) is 0 Å². The number of carbonyl (C=O) groups excluding carboxylic acids is 2. The van der Waals surface area contributed by atoms with E-state index in [-0.39, 0.29) is 24.5 Å². The monoisotopic (exact) mass is 435 g/mol. The molecule has 1 N–H and O–H groups in total. The van der Waals surface area contributed by atoms with Gasteiger partial charge in [0.1, 0.15) is 23.3 Å². The van der Waals surface area contributed by atoms with Crippen LogP contribution in [0, 0.1) is 0 Å². The van der Waals surface area contributed by atoms with E-state index in [0.29, 0.717) is 21.5 Å². The number of methoxy groups -OCH3 is 2. The Kier molecular flexibility index (Phi) is 5.67. The molecule has 1 fully saturated rings. The minimum Gasteiger partial charge on any atom is -0.507 e. The Morgan fingerprint density at radius 3 is 2.67 bits per heavy atom. The summed E-state index contributed by atoms with van der Waals surface area (Å²) in [4.78, 5) is 26.6. The van der Waals surface area contributed by atoms with Gasteiger partial charge in [-0.1, -0.05) is 0 Å². The van der Waals surface area contributed by atoms with Gasteiger partial charge in [-0.2, -0.15) is 0 Å². The number of halogens is 1. The van der Waals surface area contributed by atoms with Crippen LogP contribution in [0.4, 0.5) is 0 Å². The maximum Gasteiger partial charge on any atom is 0.295 e. The molecule has 27 heavy (non-hydrogen) atoms. The van der Waals surface area contributed by atoms with Gasteiger partial charge in [0.05, 0.1) is 30.0 Å². The number of aliphatic hydroxyl groups excluding tert-OH is 1. The second-order valence-corrected chi connectivity index (χ2v) is 6.70. The minimum absolute atomic E-state index is 0.0249. The van der Waals surface area contributed by atoms with Gasteiger partial charge in [0.2, 0.25) is 0 Å². The van der Waals surface area contributed by atoms with Crippen LogP contribution in [0.25, 0.3) is 5.76 Å². The zero-order valence-corrected chi connectivity index (χ0v) is 16.4. The van der Waals surface area contributed by atoms with Crippen molar-refractivity contribution in [3.05, 3.63) is 58.0 Å². The molecule has 2 heterocycles. The van der Waals surface area contributed by atoms with Crippen molar-refractivity contribution >= 4 is 33.4 Å². The molecule has 1 aliphatic heterocycles. The third-order valence-corrected chi connectivity index (χ3v) is 4.93.